The van der Waals surface area contributed by atoms with Crippen molar-refractivity contribution in [2.75, 3.05) is 19.6 Å². The molecule has 1 spiro atoms. The maximum absolute atomic E-state index is 12.5. The first-order valence-electron chi connectivity index (χ1n) is 10.3. The number of ether oxygens (including phenoxy) is 1. The highest BCUT2D eigenvalue weighted by atomic mass is 16.5. The zero-order chi connectivity index (χ0) is 20.4. The number of benzene rings is 1. The maximum Gasteiger partial charge on any atom is 0.257 e. The molecule has 1 unspecified atom stereocenters. The summed E-state index contributed by atoms with van der Waals surface area (Å²) in [5.74, 6) is -0.0398. The Labute approximate surface area is 171 Å². The molecule has 2 saturated heterocycles. The molecule has 4 rings (SSSR count). The molecule has 0 aliphatic carbocycles. The van der Waals surface area contributed by atoms with E-state index in [0.29, 0.717) is 30.8 Å². The zero-order valence-corrected chi connectivity index (χ0v) is 17.1. The van der Waals surface area contributed by atoms with Crippen molar-refractivity contribution in [3.8, 4) is 0 Å². The lowest BCUT2D eigenvalue weighted by molar-refractivity contribution is -0.0712. The third-order valence-electron chi connectivity index (χ3n) is 6.33. The Morgan fingerprint density at radius 3 is 2.59 bits per heavy atom. The SMILES string of the molecule is Cc1ccc(C(=O)NCC2CCC3(CCN(C(=O)c4ccoc4)CC3)O2)cc1C. The van der Waals surface area contributed by atoms with Crippen molar-refractivity contribution in [2.45, 2.75) is 51.2 Å². The zero-order valence-electron chi connectivity index (χ0n) is 17.1. The Kier molecular flexibility index (Phi) is 5.46. The Morgan fingerprint density at radius 2 is 1.90 bits per heavy atom. The number of piperidine rings is 1. The molecule has 3 heterocycles. The van der Waals surface area contributed by atoms with Crippen LogP contribution in [0.1, 0.15) is 57.5 Å². The highest BCUT2D eigenvalue weighted by Gasteiger charge is 2.43. The van der Waals surface area contributed by atoms with Gasteiger partial charge >= 0.3 is 0 Å². The van der Waals surface area contributed by atoms with Gasteiger partial charge in [-0.25, -0.2) is 0 Å². The van der Waals surface area contributed by atoms with Crippen LogP contribution in [0.25, 0.3) is 0 Å². The quantitative estimate of drug-likeness (QED) is 0.859. The van der Waals surface area contributed by atoms with Crippen LogP contribution < -0.4 is 5.32 Å². The van der Waals surface area contributed by atoms with E-state index in [0.717, 1.165) is 31.2 Å². The molecule has 6 heteroatoms. The molecule has 1 atom stereocenters. The van der Waals surface area contributed by atoms with Gasteiger partial charge in [0.1, 0.15) is 6.26 Å². The lowest BCUT2D eigenvalue weighted by Gasteiger charge is -2.39. The van der Waals surface area contributed by atoms with Crippen molar-refractivity contribution in [3.63, 3.8) is 0 Å². The van der Waals surface area contributed by atoms with Crippen LogP contribution >= 0.6 is 0 Å². The van der Waals surface area contributed by atoms with Crippen molar-refractivity contribution in [3.05, 3.63) is 59.0 Å². The standard InChI is InChI=1S/C23H28N2O4/c1-16-3-4-18(13-17(16)2)21(26)24-14-20-5-7-23(29-20)8-10-25(11-9-23)22(27)19-6-12-28-15-19/h3-4,6,12-13,15,20H,5,7-11,14H2,1-2H3,(H,24,26). The summed E-state index contributed by atoms with van der Waals surface area (Å²) in [6.45, 7) is 5.94. The van der Waals surface area contributed by atoms with Crippen LogP contribution in [-0.4, -0.2) is 48.1 Å². The van der Waals surface area contributed by atoms with Gasteiger partial charge in [-0.3, -0.25) is 9.59 Å². The van der Waals surface area contributed by atoms with Gasteiger partial charge in [0, 0.05) is 25.2 Å². The summed E-state index contributed by atoms with van der Waals surface area (Å²) in [7, 11) is 0. The number of amides is 2. The van der Waals surface area contributed by atoms with Gasteiger partial charge in [-0.1, -0.05) is 6.07 Å². The predicted octanol–water partition coefficient (Wildman–Crippen LogP) is 3.48. The van der Waals surface area contributed by atoms with Gasteiger partial charge in [-0.2, -0.15) is 0 Å². The molecule has 0 radical (unpaired) electrons. The number of furan rings is 1. The maximum atomic E-state index is 12.5. The summed E-state index contributed by atoms with van der Waals surface area (Å²) in [5.41, 5.74) is 3.42. The lowest BCUT2D eigenvalue weighted by Crippen LogP contribution is -2.47. The fraction of sp³-hybridized carbons (Fsp3) is 0.478. The van der Waals surface area contributed by atoms with E-state index >= 15 is 0 Å². The first kappa shape index (κ1) is 19.7. The van der Waals surface area contributed by atoms with Crippen LogP contribution in [0.3, 0.4) is 0 Å². The number of rotatable bonds is 4. The summed E-state index contributed by atoms with van der Waals surface area (Å²) in [6.07, 6.45) is 6.62. The second kappa shape index (κ2) is 8.03. The summed E-state index contributed by atoms with van der Waals surface area (Å²) >= 11 is 0. The second-order valence-electron chi connectivity index (χ2n) is 8.27. The normalized spacial score (nSPS) is 20.8. The number of carbonyl (C=O) groups is 2. The summed E-state index contributed by atoms with van der Waals surface area (Å²) < 4.78 is 11.4. The number of hydrogen-bond donors (Lipinski definition) is 1. The molecule has 1 N–H and O–H groups in total. The lowest BCUT2D eigenvalue weighted by atomic mass is 9.88. The number of aryl methyl sites for hydroxylation is 2. The van der Waals surface area contributed by atoms with Gasteiger partial charge in [-0.05, 0) is 68.9 Å². The minimum atomic E-state index is -0.164. The number of nitrogens with zero attached hydrogens (tertiary/aromatic N) is 1. The van der Waals surface area contributed by atoms with Gasteiger partial charge in [0.15, 0.2) is 0 Å². The van der Waals surface area contributed by atoms with Gasteiger partial charge in [-0.15, -0.1) is 0 Å². The van der Waals surface area contributed by atoms with E-state index in [1.807, 2.05) is 36.9 Å². The largest absolute Gasteiger partial charge is 0.472 e. The van der Waals surface area contributed by atoms with Crippen LogP contribution in [0.5, 0.6) is 0 Å². The third kappa shape index (κ3) is 4.22. The number of hydrogen-bond acceptors (Lipinski definition) is 4. The monoisotopic (exact) mass is 396 g/mol. The molecule has 2 aliphatic rings. The van der Waals surface area contributed by atoms with Crippen molar-refractivity contribution < 1.29 is 18.7 Å². The molecule has 1 aromatic heterocycles. The smallest absolute Gasteiger partial charge is 0.257 e. The van der Waals surface area contributed by atoms with Crippen LogP contribution in [0.4, 0.5) is 0 Å². The average Bonchev–Trinajstić information content (AvgIpc) is 3.39. The van der Waals surface area contributed by atoms with E-state index in [-0.39, 0.29) is 23.5 Å². The number of likely N-dealkylation sites (tertiary alicyclic amines) is 1. The highest BCUT2D eigenvalue weighted by molar-refractivity contribution is 5.94. The van der Waals surface area contributed by atoms with E-state index in [4.69, 9.17) is 9.15 Å². The average molecular weight is 396 g/mol. The third-order valence-corrected chi connectivity index (χ3v) is 6.33. The highest BCUT2D eigenvalue weighted by Crippen LogP contribution is 2.39. The molecule has 154 valence electrons. The summed E-state index contributed by atoms with van der Waals surface area (Å²) in [4.78, 5) is 26.8. The molecule has 1 aromatic carbocycles. The molecule has 2 amide bonds. The minimum Gasteiger partial charge on any atom is -0.472 e. The van der Waals surface area contributed by atoms with Crippen molar-refractivity contribution in [1.29, 1.82) is 0 Å². The van der Waals surface area contributed by atoms with Gasteiger partial charge in [0.25, 0.3) is 11.8 Å². The first-order valence-corrected chi connectivity index (χ1v) is 10.3. The Morgan fingerprint density at radius 1 is 1.10 bits per heavy atom. The summed E-state index contributed by atoms with van der Waals surface area (Å²) in [6, 6.07) is 7.47. The van der Waals surface area contributed by atoms with Crippen LogP contribution in [0.15, 0.2) is 41.2 Å². The van der Waals surface area contributed by atoms with Crippen LogP contribution in [0, 0.1) is 13.8 Å². The van der Waals surface area contributed by atoms with E-state index in [9.17, 15) is 9.59 Å². The van der Waals surface area contributed by atoms with Crippen LogP contribution in [0.2, 0.25) is 0 Å². The molecular formula is C23H28N2O4. The van der Waals surface area contributed by atoms with Gasteiger partial charge in [0.2, 0.25) is 0 Å². The van der Waals surface area contributed by atoms with Crippen molar-refractivity contribution in [1.82, 2.24) is 10.2 Å². The molecule has 2 fully saturated rings. The Bertz CT molecular complexity index is 882. The van der Waals surface area contributed by atoms with E-state index in [1.54, 1.807) is 6.07 Å². The fourth-order valence-electron chi connectivity index (χ4n) is 4.28. The van der Waals surface area contributed by atoms with Gasteiger partial charge < -0.3 is 19.4 Å². The first-order chi connectivity index (χ1) is 14.0. The van der Waals surface area contributed by atoms with E-state index in [2.05, 4.69) is 5.32 Å². The molecule has 0 saturated carbocycles. The Hall–Kier alpha value is -2.60. The number of nitrogens with one attached hydrogen (secondary N) is 1. The minimum absolute atomic E-state index is 0.0174. The van der Waals surface area contributed by atoms with E-state index in [1.165, 1.54) is 18.1 Å². The molecule has 29 heavy (non-hydrogen) atoms. The molecular weight excluding hydrogens is 368 g/mol. The van der Waals surface area contributed by atoms with Gasteiger partial charge in [0.05, 0.1) is 23.5 Å². The predicted molar refractivity (Wildman–Crippen MR) is 109 cm³/mol. The number of carbonyl (C=O) groups excluding carboxylic acids is 2. The molecule has 2 aromatic rings. The van der Waals surface area contributed by atoms with Crippen molar-refractivity contribution >= 4 is 11.8 Å². The fourth-order valence-corrected chi connectivity index (χ4v) is 4.28. The van der Waals surface area contributed by atoms with Crippen molar-refractivity contribution in [2.24, 2.45) is 0 Å². The Balaban J connectivity index is 1.26. The van der Waals surface area contributed by atoms with E-state index < -0.39 is 0 Å². The topological polar surface area (TPSA) is 71.8 Å². The molecule has 6 nitrogen and oxygen atoms in total. The molecule has 2 aliphatic heterocycles. The second-order valence-corrected chi connectivity index (χ2v) is 8.27. The molecule has 0 bridgehead atoms. The summed E-state index contributed by atoms with van der Waals surface area (Å²) in [5, 5.41) is 3.02. The van der Waals surface area contributed by atoms with Crippen LogP contribution in [-0.2, 0) is 4.74 Å².